The van der Waals surface area contributed by atoms with Gasteiger partial charge in [-0.25, -0.2) is 10.8 Å². The van der Waals surface area contributed by atoms with Gasteiger partial charge in [-0.05, 0) is 58.6 Å². The summed E-state index contributed by atoms with van der Waals surface area (Å²) >= 11 is 5.08. The molecule has 0 amide bonds. The van der Waals surface area contributed by atoms with Crippen LogP contribution >= 0.6 is 27.3 Å². The van der Waals surface area contributed by atoms with Crippen LogP contribution in [0.2, 0.25) is 0 Å². The molecule has 9 heteroatoms. The van der Waals surface area contributed by atoms with Crippen LogP contribution in [0, 0.1) is 0 Å². The molecular formula is C19H24BrN5O2S. The first kappa shape index (κ1) is 20.9. The minimum absolute atomic E-state index is 0.101. The van der Waals surface area contributed by atoms with E-state index >= 15 is 0 Å². The molecule has 1 aromatic carbocycles. The molecule has 150 valence electrons. The number of aliphatic hydroxyl groups is 1. The fraction of sp³-hybridized carbons (Fsp3) is 0.368. The van der Waals surface area contributed by atoms with Crippen molar-refractivity contribution < 1.29 is 9.84 Å². The van der Waals surface area contributed by atoms with Crippen molar-refractivity contribution in [3.63, 3.8) is 0 Å². The molecule has 7 nitrogen and oxygen atoms in total. The second kappa shape index (κ2) is 9.15. The largest absolute Gasteiger partial charge is 0.474 e. The minimum Gasteiger partial charge on any atom is -0.474 e. The SMILES string of the molecule is CC(C)(Cc1csc2ccccc12)NCC(O)COc1nc(NN)ncc1Br. The Kier molecular flexibility index (Phi) is 6.84. The van der Waals surface area contributed by atoms with Crippen molar-refractivity contribution in [2.75, 3.05) is 18.6 Å². The maximum Gasteiger partial charge on any atom is 0.240 e. The van der Waals surface area contributed by atoms with Crippen LogP contribution in [0.4, 0.5) is 5.95 Å². The molecule has 0 radical (unpaired) electrons. The van der Waals surface area contributed by atoms with Crippen LogP contribution in [0.15, 0.2) is 40.3 Å². The van der Waals surface area contributed by atoms with E-state index in [0.29, 0.717) is 16.9 Å². The molecule has 1 unspecified atom stereocenters. The quantitative estimate of drug-likeness (QED) is 0.284. The number of nitrogen functional groups attached to an aromatic ring is 1. The number of rotatable bonds is 9. The van der Waals surface area contributed by atoms with Crippen molar-refractivity contribution in [3.05, 3.63) is 45.9 Å². The number of ether oxygens (including phenoxy) is 1. The van der Waals surface area contributed by atoms with Gasteiger partial charge >= 0.3 is 0 Å². The molecule has 0 saturated heterocycles. The normalized spacial score (nSPS) is 12.9. The maximum absolute atomic E-state index is 10.3. The summed E-state index contributed by atoms with van der Waals surface area (Å²) in [6.45, 7) is 4.77. The highest BCUT2D eigenvalue weighted by atomic mass is 79.9. The van der Waals surface area contributed by atoms with Crippen molar-refractivity contribution >= 4 is 43.3 Å². The molecule has 2 aromatic heterocycles. The van der Waals surface area contributed by atoms with Gasteiger partial charge in [-0.2, -0.15) is 4.98 Å². The predicted molar refractivity (Wildman–Crippen MR) is 117 cm³/mol. The molecule has 3 rings (SSSR count). The number of fused-ring (bicyclic) bond motifs is 1. The molecule has 0 aliphatic rings. The molecular weight excluding hydrogens is 442 g/mol. The number of hydrogen-bond acceptors (Lipinski definition) is 8. The van der Waals surface area contributed by atoms with E-state index in [-0.39, 0.29) is 18.1 Å². The Balaban J connectivity index is 1.52. The number of nitrogens with two attached hydrogens (primary N) is 1. The smallest absolute Gasteiger partial charge is 0.240 e. The number of aliphatic hydroxyl groups excluding tert-OH is 1. The fourth-order valence-corrected chi connectivity index (χ4v) is 4.13. The van der Waals surface area contributed by atoms with Gasteiger partial charge in [0.05, 0.1) is 10.7 Å². The van der Waals surface area contributed by atoms with Gasteiger partial charge in [0, 0.05) is 16.8 Å². The number of nitrogens with zero attached hydrogens (tertiary/aromatic N) is 2. The van der Waals surface area contributed by atoms with Crippen LogP contribution < -0.4 is 21.3 Å². The number of thiophene rings is 1. The zero-order valence-corrected chi connectivity index (χ0v) is 18.2. The molecule has 0 aliphatic carbocycles. The molecule has 0 aliphatic heterocycles. The Labute approximate surface area is 176 Å². The predicted octanol–water partition coefficient (Wildman–Crippen LogP) is 3.09. The Hall–Kier alpha value is -1.78. The highest BCUT2D eigenvalue weighted by molar-refractivity contribution is 9.10. The molecule has 0 saturated carbocycles. The number of hydrazine groups is 1. The van der Waals surface area contributed by atoms with Crippen molar-refractivity contribution in [2.24, 2.45) is 5.84 Å². The lowest BCUT2D eigenvalue weighted by molar-refractivity contribution is 0.0962. The highest BCUT2D eigenvalue weighted by Gasteiger charge is 2.21. The molecule has 0 spiro atoms. The van der Waals surface area contributed by atoms with Gasteiger partial charge in [-0.3, -0.25) is 5.43 Å². The van der Waals surface area contributed by atoms with Gasteiger partial charge in [-0.1, -0.05) is 18.2 Å². The van der Waals surface area contributed by atoms with Crippen LogP contribution in [0.3, 0.4) is 0 Å². The van der Waals surface area contributed by atoms with E-state index in [1.807, 2.05) is 0 Å². The lowest BCUT2D eigenvalue weighted by Crippen LogP contribution is -2.46. The Morgan fingerprint density at radius 2 is 2.14 bits per heavy atom. The first-order chi connectivity index (χ1) is 13.4. The van der Waals surface area contributed by atoms with Gasteiger partial charge in [-0.15, -0.1) is 11.3 Å². The lowest BCUT2D eigenvalue weighted by Gasteiger charge is -2.28. The number of aromatic nitrogens is 2. The van der Waals surface area contributed by atoms with Crippen LogP contribution in [0.25, 0.3) is 10.1 Å². The van der Waals surface area contributed by atoms with E-state index in [9.17, 15) is 5.11 Å². The van der Waals surface area contributed by atoms with Crippen molar-refractivity contribution in [2.45, 2.75) is 31.9 Å². The molecule has 2 heterocycles. The third-order valence-electron chi connectivity index (χ3n) is 4.26. The third-order valence-corrected chi connectivity index (χ3v) is 5.82. The zero-order chi connectivity index (χ0) is 20.1. The standard InChI is InChI=1S/C19H24BrN5O2S/c1-19(2,7-12-11-28-16-6-4-3-5-14(12)16)23-8-13(26)10-27-17-15(20)9-22-18(24-17)25-21/h3-6,9,11,13,23,26H,7-8,10,21H2,1-2H3,(H,22,24,25). The number of anilines is 1. The fourth-order valence-electron chi connectivity index (χ4n) is 2.86. The van der Waals surface area contributed by atoms with E-state index < -0.39 is 6.10 Å². The van der Waals surface area contributed by atoms with Gasteiger partial charge < -0.3 is 15.2 Å². The number of halogens is 1. The monoisotopic (exact) mass is 465 g/mol. The topological polar surface area (TPSA) is 105 Å². The van der Waals surface area contributed by atoms with E-state index in [4.69, 9.17) is 10.6 Å². The maximum atomic E-state index is 10.3. The van der Waals surface area contributed by atoms with Crippen LogP contribution in [0.1, 0.15) is 19.4 Å². The second-order valence-corrected chi connectivity index (χ2v) is 8.92. The summed E-state index contributed by atoms with van der Waals surface area (Å²) < 4.78 is 7.48. The Bertz CT molecular complexity index is 934. The van der Waals surface area contributed by atoms with E-state index in [0.717, 1.165) is 6.42 Å². The first-order valence-electron chi connectivity index (χ1n) is 8.88. The Morgan fingerprint density at radius 3 is 2.93 bits per heavy atom. The lowest BCUT2D eigenvalue weighted by atomic mass is 9.94. The van der Waals surface area contributed by atoms with Gasteiger partial charge in [0.15, 0.2) is 0 Å². The molecule has 1 atom stereocenters. The van der Waals surface area contributed by atoms with Crippen molar-refractivity contribution in [1.29, 1.82) is 0 Å². The second-order valence-electron chi connectivity index (χ2n) is 7.15. The van der Waals surface area contributed by atoms with Gasteiger partial charge in [0.1, 0.15) is 12.7 Å². The number of nitrogens with one attached hydrogen (secondary N) is 2. The summed E-state index contributed by atoms with van der Waals surface area (Å²) in [7, 11) is 0. The minimum atomic E-state index is -0.686. The van der Waals surface area contributed by atoms with Crippen LogP contribution in [0.5, 0.6) is 5.88 Å². The van der Waals surface area contributed by atoms with Crippen molar-refractivity contribution in [1.82, 2.24) is 15.3 Å². The molecule has 28 heavy (non-hydrogen) atoms. The summed E-state index contributed by atoms with van der Waals surface area (Å²) in [5.41, 5.74) is 3.51. The summed E-state index contributed by atoms with van der Waals surface area (Å²) in [6, 6.07) is 8.42. The third kappa shape index (κ3) is 5.39. The number of hydrogen-bond donors (Lipinski definition) is 4. The average molecular weight is 466 g/mol. The average Bonchev–Trinajstić information content (AvgIpc) is 3.08. The number of β-amino-alcohol motifs (C(OH)–C–C–N with tert-alkyl or cyclic N) is 1. The van der Waals surface area contributed by atoms with Crippen LogP contribution in [-0.2, 0) is 6.42 Å². The first-order valence-corrected chi connectivity index (χ1v) is 10.6. The van der Waals surface area contributed by atoms with E-state index in [1.165, 1.54) is 21.8 Å². The highest BCUT2D eigenvalue weighted by Crippen LogP contribution is 2.28. The van der Waals surface area contributed by atoms with Gasteiger partial charge in [0.2, 0.25) is 11.8 Å². The summed E-state index contributed by atoms with van der Waals surface area (Å²) in [6.07, 6.45) is 1.72. The molecule has 3 aromatic rings. The Morgan fingerprint density at radius 1 is 1.36 bits per heavy atom. The number of benzene rings is 1. The summed E-state index contributed by atoms with van der Waals surface area (Å²) in [5, 5.41) is 17.2. The molecule has 0 bridgehead atoms. The van der Waals surface area contributed by atoms with E-state index in [2.05, 4.69) is 80.1 Å². The zero-order valence-electron chi connectivity index (χ0n) is 15.8. The molecule has 0 fully saturated rings. The molecule has 5 N–H and O–H groups in total. The summed E-state index contributed by atoms with van der Waals surface area (Å²) in [4.78, 5) is 8.07. The summed E-state index contributed by atoms with van der Waals surface area (Å²) in [5.74, 6) is 5.88. The van der Waals surface area contributed by atoms with Crippen molar-refractivity contribution in [3.8, 4) is 5.88 Å². The van der Waals surface area contributed by atoms with E-state index in [1.54, 1.807) is 11.3 Å². The van der Waals surface area contributed by atoms with Gasteiger partial charge in [0.25, 0.3) is 0 Å². The van der Waals surface area contributed by atoms with Crippen LogP contribution in [-0.4, -0.2) is 39.9 Å².